The Balaban J connectivity index is 0. The second kappa shape index (κ2) is 18.8. The number of unbranched alkanes of at least 4 members (excludes halogenated alkanes) is 9. The van der Waals surface area contributed by atoms with Crippen molar-refractivity contribution in [2.75, 3.05) is 33.8 Å². The molecule has 0 saturated carbocycles. The van der Waals surface area contributed by atoms with Gasteiger partial charge in [0, 0.05) is 6.61 Å². The molecule has 0 aromatic carbocycles. The fourth-order valence-electron chi connectivity index (χ4n) is 2.89. The predicted octanol–water partition coefficient (Wildman–Crippen LogP) is 2.45. The van der Waals surface area contributed by atoms with Crippen LogP contribution in [0, 0.1) is 0 Å². The Morgan fingerprint density at radius 1 is 0.696 bits per heavy atom. The van der Waals surface area contributed by atoms with Crippen molar-refractivity contribution in [3.8, 4) is 0 Å². The molecule has 0 rings (SSSR count). The van der Waals surface area contributed by atoms with Crippen molar-refractivity contribution in [1.82, 2.24) is 0 Å². The summed E-state index contributed by atoms with van der Waals surface area (Å²) in [7, 11) is 5.48. The fraction of sp³-hybridized carbons (Fsp3) is 1.00. The molecule has 0 aliphatic rings. The molecule has 4 heteroatoms. The highest BCUT2D eigenvalue weighted by molar-refractivity contribution is 6.26. The van der Waals surface area contributed by atoms with E-state index in [0.717, 1.165) is 6.61 Å². The largest absolute Gasteiger partial charge is 1.00 e. The van der Waals surface area contributed by atoms with Crippen molar-refractivity contribution in [3.05, 3.63) is 0 Å². The van der Waals surface area contributed by atoms with Gasteiger partial charge in [-0.15, -0.1) is 0 Å². The third kappa shape index (κ3) is 20.4. The zero-order valence-electron chi connectivity index (χ0n) is 16.3. The van der Waals surface area contributed by atoms with E-state index >= 15 is 0 Å². The molecule has 2 nitrogen and oxygen atoms in total. The van der Waals surface area contributed by atoms with Gasteiger partial charge in [-0.25, -0.2) is 0 Å². The van der Waals surface area contributed by atoms with Crippen LogP contribution < -0.4 is 12.4 Å². The summed E-state index contributed by atoms with van der Waals surface area (Å²) in [5.74, 6) is 0. The summed E-state index contributed by atoms with van der Waals surface area (Å²) < 4.78 is 6.62. The number of quaternary nitrogens is 1. The van der Waals surface area contributed by atoms with Gasteiger partial charge < -0.3 is 21.3 Å². The maximum atomic E-state index is 5.44. The topological polar surface area (TPSA) is 9.23 Å². The second-order valence-corrected chi connectivity index (χ2v) is 8.32. The molecule has 0 spiro atoms. The number of nitrogens with zero attached hydrogens (tertiary/aromatic N) is 1. The quantitative estimate of drug-likeness (QED) is 0.219. The van der Waals surface area contributed by atoms with Gasteiger partial charge in [-0.2, -0.15) is 0 Å². The Bertz CT molecular complexity index is 227. The Kier molecular flexibility index (Phi) is 20.9. The molecule has 0 atom stereocenters. The molecule has 0 unspecified atom stereocenters. The van der Waals surface area contributed by atoms with E-state index in [1.165, 1.54) is 94.2 Å². The van der Waals surface area contributed by atoms with E-state index in [4.69, 9.17) is 4.43 Å². The molecular formula is C19H42ClNOSi. The Labute approximate surface area is 155 Å². The lowest BCUT2D eigenvalue weighted by Gasteiger charge is -2.29. The normalized spacial score (nSPS) is 11.5. The number of hydrogen-bond acceptors (Lipinski definition) is 1. The van der Waals surface area contributed by atoms with Crippen LogP contribution in [-0.4, -0.2) is 48.0 Å². The van der Waals surface area contributed by atoms with Crippen molar-refractivity contribution < 1.29 is 21.3 Å². The van der Waals surface area contributed by atoms with Crippen LogP contribution in [-0.2, 0) is 4.43 Å². The minimum atomic E-state index is 0. The Morgan fingerprint density at radius 3 is 1.70 bits per heavy atom. The van der Waals surface area contributed by atoms with Crippen molar-refractivity contribution in [2.45, 2.75) is 90.5 Å². The van der Waals surface area contributed by atoms with E-state index in [1.807, 2.05) is 0 Å². The molecule has 23 heavy (non-hydrogen) atoms. The van der Waals surface area contributed by atoms with Gasteiger partial charge >= 0.3 is 0 Å². The average Bonchev–Trinajstić information content (AvgIpc) is 2.49. The van der Waals surface area contributed by atoms with E-state index in [-0.39, 0.29) is 12.4 Å². The highest BCUT2D eigenvalue weighted by Gasteiger charge is 2.13. The molecule has 2 radical (unpaired) electrons. The highest BCUT2D eigenvalue weighted by atomic mass is 35.5. The van der Waals surface area contributed by atoms with Crippen molar-refractivity contribution in [2.24, 2.45) is 0 Å². The van der Waals surface area contributed by atoms with Crippen LogP contribution in [0.15, 0.2) is 0 Å². The summed E-state index contributed by atoms with van der Waals surface area (Å²) in [6, 6.07) is 1.24. The molecule has 0 N–H and O–H groups in total. The van der Waals surface area contributed by atoms with Gasteiger partial charge in [-0.3, -0.25) is 0 Å². The summed E-state index contributed by atoms with van der Waals surface area (Å²) in [5, 5.41) is 0. The van der Waals surface area contributed by atoms with Gasteiger partial charge in [0.2, 0.25) is 9.76 Å². The van der Waals surface area contributed by atoms with E-state index in [9.17, 15) is 0 Å². The van der Waals surface area contributed by atoms with Gasteiger partial charge in [-0.1, -0.05) is 58.3 Å². The number of hydrogen-bond donors (Lipinski definition) is 0. The van der Waals surface area contributed by atoms with E-state index in [1.54, 1.807) is 0 Å². The predicted molar refractivity (Wildman–Crippen MR) is 100 cm³/mol. The van der Waals surface area contributed by atoms with Crippen molar-refractivity contribution >= 4 is 9.76 Å². The van der Waals surface area contributed by atoms with Gasteiger partial charge in [0.25, 0.3) is 0 Å². The lowest BCUT2D eigenvalue weighted by atomic mass is 10.1. The first-order valence-electron chi connectivity index (χ1n) is 9.79. The van der Waals surface area contributed by atoms with Gasteiger partial charge in [0.05, 0.1) is 27.2 Å². The van der Waals surface area contributed by atoms with Crippen LogP contribution in [0.4, 0.5) is 0 Å². The van der Waals surface area contributed by atoms with Crippen LogP contribution in [0.3, 0.4) is 0 Å². The standard InChI is InChI=1S/C19H42NOSi.ClH/c1-5-7-8-9-10-11-12-13-14-15-17-20(3,4)18-16-19-22-21-6-2;/h5-19H2,1-4H3;1H/q+1;/p-1. The van der Waals surface area contributed by atoms with Gasteiger partial charge in [-0.05, 0) is 32.2 Å². The summed E-state index contributed by atoms with van der Waals surface area (Å²) in [4.78, 5) is 0. The number of halogens is 1. The molecular weight excluding hydrogens is 322 g/mol. The molecule has 140 valence electrons. The second-order valence-electron chi connectivity index (χ2n) is 7.25. The van der Waals surface area contributed by atoms with Crippen LogP contribution >= 0.6 is 0 Å². The first-order valence-corrected chi connectivity index (χ1v) is 10.9. The Hall–Kier alpha value is 0.427. The molecule has 0 aliphatic heterocycles. The summed E-state index contributed by atoms with van der Waals surface area (Å²) in [5.41, 5.74) is 0. The molecule has 0 fully saturated rings. The van der Waals surface area contributed by atoms with Gasteiger partial charge in [0.1, 0.15) is 0 Å². The number of rotatable bonds is 17. The molecule has 0 bridgehead atoms. The summed E-state index contributed by atoms with van der Waals surface area (Å²) in [6.45, 7) is 7.89. The van der Waals surface area contributed by atoms with E-state index in [2.05, 4.69) is 27.9 Å². The van der Waals surface area contributed by atoms with E-state index in [0.29, 0.717) is 9.76 Å². The van der Waals surface area contributed by atoms with E-state index < -0.39 is 0 Å². The third-order valence-electron chi connectivity index (χ3n) is 4.41. The molecule has 0 heterocycles. The molecule has 0 amide bonds. The third-order valence-corrected chi connectivity index (χ3v) is 5.46. The summed E-state index contributed by atoms with van der Waals surface area (Å²) in [6.07, 6.45) is 15.7. The van der Waals surface area contributed by atoms with Crippen LogP contribution in [0.5, 0.6) is 0 Å². The first-order chi connectivity index (χ1) is 10.6. The smallest absolute Gasteiger partial charge is 0.229 e. The summed E-state index contributed by atoms with van der Waals surface area (Å²) >= 11 is 0. The van der Waals surface area contributed by atoms with Crippen molar-refractivity contribution in [3.63, 3.8) is 0 Å². The monoisotopic (exact) mass is 363 g/mol. The van der Waals surface area contributed by atoms with Crippen molar-refractivity contribution in [1.29, 1.82) is 0 Å². The Morgan fingerprint density at radius 2 is 1.17 bits per heavy atom. The molecule has 0 saturated heterocycles. The molecule has 0 aromatic rings. The lowest BCUT2D eigenvalue weighted by molar-refractivity contribution is -0.890. The van der Waals surface area contributed by atoms with Crippen LogP contribution in [0.1, 0.15) is 84.5 Å². The zero-order chi connectivity index (χ0) is 16.5. The highest BCUT2D eigenvalue weighted by Crippen LogP contribution is 2.12. The average molecular weight is 364 g/mol. The van der Waals surface area contributed by atoms with Crippen LogP contribution in [0.2, 0.25) is 6.04 Å². The SMILES string of the molecule is CCCCCCCCCCCC[N+](C)(C)CCC[Si]OCC.[Cl-]. The van der Waals surface area contributed by atoms with Crippen LogP contribution in [0.25, 0.3) is 0 Å². The molecule has 0 aliphatic carbocycles. The fourth-order valence-corrected chi connectivity index (χ4v) is 3.54. The minimum absolute atomic E-state index is 0. The maximum absolute atomic E-state index is 5.44. The van der Waals surface area contributed by atoms with Gasteiger partial charge in [0.15, 0.2) is 0 Å². The molecule has 0 aromatic heterocycles. The maximum Gasteiger partial charge on any atom is 0.229 e. The lowest BCUT2D eigenvalue weighted by Crippen LogP contribution is -3.00. The first kappa shape index (κ1) is 25.7. The zero-order valence-corrected chi connectivity index (χ0v) is 18.1. The minimum Gasteiger partial charge on any atom is -1.00 e.